The molecule has 4 nitrogen and oxygen atoms in total. The van der Waals surface area contributed by atoms with Crippen molar-refractivity contribution in [2.24, 2.45) is 0 Å². The summed E-state index contributed by atoms with van der Waals surface area (Å²) in [5, 5.41) is 0. The lowest BCUT2D eigenvalue weighted by molar-refractivity contribution is 0.0626. The Bertz CT molecular complexity index is 890. The molecule has 2 atom stereocenters. The van der Waals surface area contributed by atoms with Crippen molar-refractivity contribution in [2.75, 3.05) is 6.61 Å². The Morgan fingerprint density at radius 1 is 0.625 bits per heavy atom. The van der Waals surface area contributed by atoms with E-state index >= 15 is 0 Å². The molecule has 0 bridgehead atoms. The van der Waals surface area contributed by atoms with Gasteiger partial charge in [0.05, 0.1) is 17.8 Å². The van der Waals surface area contributed by atoms with Crippen LogP contribution in [-0.2, 0) is 4.74 Å². The van der Waals surface area contributed by atoms with Crippen molar-refractivity contribution < 1.29 is 19.0 Å². The number of carbonyl (C=O) groups is 1. The Hall–Kier alpha value is -2.33. The molecule has 0 heterocycles. The average Bonchev–Trinajstić information content (AvgIpc) is 2.97. The highest BCUT2D eigenvalue weighted by Gasteiger charge is 2.13. The topological polar surface area (TPSA) is 44.8 Å². The number of hydrogen-bond acceptors (Lipinski definition) is 4. The van der Waals surface area contributed by atoms with Gasteiger partial charge in [-0.2, -0.15) is 0 Å². The molecule has 0 spiro atoms. The number of hydrogen-bond donors (Lipinski definition) is 0. The molecule has 0 saturated carbocycles. The first-order chi connectivity index (χ1) is 19.6. The summed E-state index contributed by atoms with van der Waals surface area (Å²) in [5.41, 5.74) is 1.61. The van der Waals surface area contributed by atoms with Crippen molar-refractivity contribution in [1.29, 1.82) is 0 Å². The second-order valence-corrected chi connectivity index (χ2v) is 11.2. The quantitative estimate of drug-likeness (QED) is 0.0781. The normalized spacial score (nSPS) is 12.7. The van der Waals surface area contributed by atoms with Crippen LogP contribution in [0.5, 0.6) is 11.5 Å². The molecule has 0 amide bonds. The van der Waals surface area contributed by atoms with E-state index in [2.05, 4.69) is 27.7 Å². The van der Waals surface area contributed by atoms with Gasteiger partial charge in [-0.05, 0) is 74.6 Å². The van der Waals surface area contributed by atoms with Crippen LogP contribution in [-0.4, -0.2) is 18.7 Å². The van der Waals surface area contributed by atoms with Gasteiger partial charge < -0.3 is 14.2 Å². The lowest BCUT2D eigenvalue weighted by Gasteiger charge is -2.19. The molecule has 0 radical (unpaired) electrons. The zero-order valence-electron chi connectivity index (χ0n) is 25.9. The summed E-state index contributed by atoms with van der Waals surface area (Å²) in [6, 6.07) is 15.0. The Morgan fingerprint density at radius 3 is 1.77 bits per heavy atom. The molecule has 4 heteroatoms. The Morgan fingerprint density at radius 2 is 1.18 bits per heavy atom. The Labute approximate surface area is 245 Å². The van der Waals surface area contributed by atoms with Gasteiger partial charge in [0.2, 0.25) is 0 Å². The fraction of sp³-hybridized carbons (Fsp3) is 0.639. The minimum atomic E-state index is -0.358. The zero-order valence-corrected chi connectivity index (χ0v) is 25.9. The molecule has 0 saturated heterocycles. The summed E-state index contributed by atoms with van der Waals surface area (Å²) < 4.78 is 17.9. The van der Waals surface area contributed by atoms with Gasteiger partial charge in [0.25, 0.3) is 0 Å². The number of unbranched alkanes of at least 4 members (excludes halogenated alkanes) is 11. The number of carbonyl (C=O) groups excluding carboxylic acids is 1. The van der Waals surface area contributed by atoms with Crippen molar-refractivity contribution in [3.05, 3.63) is 59.7 Å². The van der Waals surface area contributed by atoms with Gasteiger partial charge in [-0.15, -0.1) is 0 Å². The third-order valence-corrected chi connectivity index (χ3v) is 7.56. The highest BCUT2D eigenvalue weighted by atomic mass is 16.5. The van der Waals surface area contributed by atoms with Crippen LogP contribution in [0.2, 0.25) is 0 Å². The van der Waals surface area contributed by atoms with E-state index < -0.39 is 0 Å². The summed E-state index contributed by atoms with van der Waals surface area (Å²) >= 11 is 0. The molecule has 2 aromatic rings. The molecule has 40 heavy (non-hydrogen) atoms. The van der Waals surface area contributed by atoms with Gasteiger partial charge in [0, 0.05) is 6.61 Å². The average molecular weight is 553 g/mol. The lowest BCUT2D eigenvalue weighted by atomic mass is 10.0. The lowest BCUT2D eigenvalue weighted by Crippen LogP contribution is -2.16. The van der Waals surface area contributed by atoms with Crippen molar-refractivity contribution in [2.45, 2.75) is 143 Å². The van der Waals surface area contributed by atoms with E-state index in [1.807, 2.05) is 48.5 Å². The number of ether oxygens (including phenoxy) is 3. The summed E-state index contributed by atoms with van der Waals surface area (Å²) in [6.45, 7) is 9.55. The molecular formula is C36H56O4. The van der Waals surface area contributed by atoms with E-state index in [0.29, 0.717) is 11.3 Å². The van der Waals surface area contributed by atoms with Crippen LogP contribution in [0.25, 0.3) is 0 Å². The summed E-state index contributed by atoms with van der Waals surface area (Å²) in [6.07, 6.45) is 20.2. The van der Waals surface area contributed by atoms with Crippen molar-refractivity contribution in [3.63, 3.8) is 0 Å². The summed E-state index contributed by atoms with van der Waals surface area (Å²) in [4.78, 5) is 12.7. The van der Waals surface area contributed by atoms with Crippen molar-refractivity contribution in [1.82, 2.24) is 0 Å². The molecule has 224 valence electrons. The fourth-order valence-electron chi connectivity index (χ4n) is 4.99. The molecule has 0 aliphatic heterocycles. The third-order valence-electron chi connectivity index (χ3n) is 7.56. The number of benzene rings is 2. The van der Waals surface area contributed by atoms with Crippen LogP contribution in [0.1, 0.15) is 152 Å². The zero-order chi connectivity index (χ0) is 28.8. The van der Waals surface area contributed by atoms with Crippen LogP contribution in [0.4, 0.5) is 0 Å². The maximum absolute atomic E-state index is 12.7. The van der Waals surface area contributed by atoms with Crippen molar-refractivity contribution >= 4 is 5.97 Å². The van der Waals surface area contributed by atoms with E-state index in [1.54, 1.807) is 0 Å². The van der Waals surface area contributed by atoms with E-state index in [0.717, 1.165) is 43.6 Å². The maximum atomic E-state index is 12.7. The van der Waals surface area contributed by atoms with Gasteiger partial charge in [0.15, 0.2) is 0 Å². The highest BCUT2D eigenvalue weighted by molar-refractivity contribution is 5.91. The molecule has 2 rings (SSSR count). The van der Waals surface area contributed by atoms with Gasteiger partial charge in [-0.3, -0.25) is 0 Å². The second-order valence-electron chi connectivity index (χ2n) is 11.2. The van der Waals surface area contributed by atoms with Crippen LogP contribution in [0.15, 0.2) is 48.5 Å². The van der Waals surface area contributed by atoms with Gasteiger partial charge in [-0.1, -0.05) is 110 Å². The molecule has 2 aromatic carbocycles. The third kappa shape index (κ3) is 14.3. The predicted octanol–water partition coefficient (Wildman–Crippen LogP) is 11.0. The van der Waals surface area contributed by atoms with E-state index in [1.165, 1.54) is 77.0 Å². The first-order valence-corrected chi connectivity index (χ1v) is 16.3. The second kappa shape index (κ2) is 21.4. The van der Waals surface area contributed by atoms with E-state index in [4.69, 9.17) is 14.2 Å². The number of rotatable bonds is 23. The molecule has 0 N–H and O–H groups in total. The first kappa shape index (κ1) is 33.9. The smallest absolute Gasteiger partial charge is 0.343 e. The monoisotopic (exact) mass is 552 g/mol. The van der Waals surface area contributed by atoms with Crippen LogP contribution >= 0.6 is 0 Å². The molecule has 0 fully saturated rings. The van der Waals surface area contributed by atoms with Crippen LogP contribution in [0.3, 0.4) is 0 Å². The molecule has 0 aliphatic carbocycles. The first-order valence-electron chi connectivity index (χ1n) is 16.3. The highest BCUT2D eigenvalue weighted by Crippen LogP contribution is 2.24. The van der Waals surface area contributed by atoms with Crippen LogP contribution < -0.4 is 9.47 Å². The standard InChI is InChI=1S/C36H56O4/c1-5-8-10-12-14-16-18-29-38-30(4)31-21-23-32(24-22-31)36(37)40-35-27-25-34(26-28-35)39-33(19-7-3)20-17-15-13-11-9-6-2/h21-28,30,33H,5-20,29H2,1-4H3. The molecule has 2 unspecified atom stereocenters. The van der Waals surface area contributed by atoms with E-state index in [-0.39, 0.29) is 18.2 Å². The summed E-state index contributed by atoms with van der Waals surface area (Å²) in [5.74, 6) is 0.999. The number of esters is 1. The molecule has 0 aliphatic rings. The largest absolute Gasteiger partial charge is 0.490 e. The Balaban J connectivity index is 1.74. The van der Waals surface area contributed by atoms with E-state index in [9.17, 15) is 4.79 Å². The maximum Gasteiger partial charge on any atom is 0.343 e. The van der Waals surface area contributed by atoms with Gasteiger partial charge >= 0.3 is 5.97 Å². The minimum absolute atomic E-state index is 0.00954. The molecular weight excluding hydrogens is 496 g/mol. The molecule has 0 aromatic heterocycles. The van der Waals surface area contributed by atoms with Gasteiger partial charge in [-0.25, -0.2) is 4.79 Å². The minimum Gasteiger partial charge on any atom is -0.490 e. The predicted molar refractivity (Wildman–Crippen MR) is 168 cm³/mol. The fourth-order valence-corrected chi connectivity index (χ4v) is 4.99. The van der Waals surface area contributed by atoms with Crippen molar-refractivity contribution in [3.8, 4) is 11.5 Å². The van der Waals surface area contributed by atoms with Crippen LogP contribution in [0, 0.1) is 0 Å². The summed E-state index contributed by atoms with van der Waals surface area (Å²) in [7, 11) is 0. The SMILES string of the molecule is CCCCCCCCCOC(C)c1ccc(C(=O)Oc2ccc(OC(CCC)CCCCCCCC)cc2)cc1. The van der Waals surface area contributed by atoms with Gasteiger partial charge in [0.1, 0.15) is 11.5 Å². The Kier molecular flexibility index (Phi) is 18.1.